The highest BCUT2D eigenvalue weighted by atomic mass is 35.5. The summed E-state index contributed by atoms with van der Waals surface area (Å²) < 4.78 is 11.6. The molecule has 0 bridgehead atoms. The molecule has 3 rings (SSSR count). The summed E-state index contributed by atoms with van der Waals surface area (Å²) in [5, 5.41) is 0.781. The molecule has 1 saturated carbocycles. The van der Waals surface area contributed by atoms with Crippen molar-refractivity contribution < 1.29 is 9.47 Å². The molecule has 3 nitrogen and oxygen atoms in total. The number of nitrogens with two attached hydrogens (primary N) is 1. The largest absolute Gasteiger partial charge is 0.486 e. The number of hydrogen-bond donors (Lipinski definition) is 1. The zero-order valence-corrected chi connectivity index (χ0v) is 12.9. The molecule has 0 amide bonds. The Balaban J connectivity index is 2.22. The highest BCUT2D eigenvalue weighted by Crippen LogP contribution is 2.53. The minimum absolute atomic E-state index is 0.0342. The molecule has 0 saturated heterocycles. The van der Waals surface area contributed by atoms with E-state index < -0.39 is 0 Å². The molecule has 0 radical (unpaired) electrons. The molecule has 1 fully saturated rings. The van der Waals surface area contributed by atoms with Crippen molar-refractivity contribution in [3.05, 3.63) is 22.2 Å². The maximum absolute atomic E-state index is 6.60. The van der Waals surface area contributed by atoms with Crippen LogP contribution in [-0.2, 0) is 5.41 Å². The third-order valence-corrected chi connectivity index (χ3v) is 4.93. The maximum atomic E-state index is 6.60. The Morgan fingerprint density at radius 2 is 2.00 bits per heavy atom. The van der Waals surface area contributed by atoms with E-state index in [1.807, 2.05) is 6.07 Å². The van der Waals surface area contributed by atoms with Crippen LogP contribution >= 0.6 is 11.6 Å². The van der Waals surface area contributed by atoms with Crippen molar-refractivity contribution in [3.8, 4) is 11.5 Å². The van der Waals surface area contributed by atoms with E-state index in [-0.39, 0.29) is 5.41 Å². The van der Waals surface area contributed by atoms with E-state index in [4.69, 9.17) is 26.8 Å². The van der Waals surface area contributed by atoms with Crippen molar-refractivity contribution in [2.45, 2.75) is 44.4 Å². The first-order valence-corrected chi connectivity index (χ1v) is 7.79. The molecule has 1 aromatic carbocycles. The van der Waals surface area contributed by atoms with Crippen LogP contribution in [0.4, 0.5) is 0 Å². The van der Waals surface area contributed by atoms with E-state index in [2.05, 4.69) is 13.8 Å². The van der Waals surface area contributed by atoms with Crippen molar-refractivity contribution in [1.29, 1.82) is 0 Å². The van der Waals surface area contributed by atoms with Gasteiger partial charge in [-0.2, -0.15) is 0 Å². The average Bonchev–Trinajstić information content (AvgIpc) is 2.38. The second-order valence-corrected chi connectivity index (χ2v) is 6.57. The number of halogens is 1. The van der Waals surface area contributed by atoms with E-state index in [1.165, 1.54) is 17.5 Å². The first kappa shape index (κ1) is 14.0. The molecule has 110 valence electrons. The Hall–Kier alpha value is -0.930. The van der Waals surface area contributed by atoms with E-state index in [9.17, 15) is 0 Å². The van der Waals surface area contributed by atoms with Gasteiger partial charge in [-0.15, -0.1) is 0 Å². The van der Waals surface area contributed by atoms with Crippen LogP contribution < -0.4 is 15.2 Å². The number of benzene rings is 1. The fourth-order valence-corrected chi connectivity index (χ4v) is 3.83. The molecule has 1 heterocycles. The lowest BCUT2D eigenvalue weighted by atomic mass is 9.62. The molecule has 0 atom stereocenters. The van der Waals surface area contributed by atoms with Crippen molar-refractivity contribution in [1.82, 2.24) is 0 Å². The monoisotopic (exact) mass is 295 g/mol. The minimum atomic E-state index is 0.0342. The quantitative estimate of drug-likeness (QED) is 0.926. The fraction of sp³-hybridized carbons (Fsp3) is 0.625. The lowest BCUT2D eigenvalue weighted by Crippen LogP contribution is -2.43. The molecule has 0 unspecified atom stereocenters. The van der Waals surface area contributed by atoms with Crippen molar-refractivity contribution in [2.75, 3.05) is 19.8 Å². The zero-order valence-electron chi connectivity index (χ0n) is 12.2. The predicted molar refractivity (Wildman–Crippen MR) is 81.1 cm³/mol. The zero-order chi connectivity index (χ0) is 14.3. The van der Waals surface area contributed by atoms with Crippen LogP contribution in [0.1, 0.15) is 50.2 Å². The van der Waals surface area contributed by atoms with Crippen LogP contribution in [0.2, 0.25) is 5.02 Å². The molecule has 1 aliphatic heterocycles. The second-order valence-electron chi connectivity index (χ2n) is 6.16. The van der Waals surface area contributed by atoms with Gasteiger partial charge in [0.1, 0.15) is 13.2 Å². The number of hydrogen-bond acceptors (Lipinski definition) is 3. The molecule has 1 aromatic rings. The first-order chi connectivity index (χ1) is 9.59. The van der Waals surface area contributed by atoms with Crippen molar-refractivity contribution in [2.24, 2.45) is 5.73 Å². The summed E-state index contributed by atoms with van der Waals surface area (Å²) in [6.07, 6.45) is 3.45. The van der Waals surface area contributed by atoms with Gasteiger partial charge in [-0.3, -0.25) is 0 Å². The van der Waals surface area contributed by atoms with Gasteiger partial charge < -0.3 is 15.2 Å². The van der Waals surface area contributed by atoms with Crippen molar-refractivity contribution >= 4 is 11.6 Å². The highest BCUT2D eigenvalue weighted by molar-refractivity contribution is 6.32. The lowest BCUT2D eigenvalue weighted by Gasteiger charge is -2.44. The maximum Gasteiger partial charge on any atom is 0.165 e. The van der Waals surface area contributed by atoms with Gasteiger partial charge in [0, 0.05) is 28.6 Å². The average molecular weight is 296 g/mol. The summed E-state index contributed by atoms with van der Waals surface area (Å²) in [7, 11) is 0. The molecule has 4 heteroatoms. The van der Waals surface area contributed by atoms with Gasteiger partial charge in [0.25, 0.3) is 0 Å². The topological polar surface area (TPSA) is 44.5 Å². The standard InChI is InChI=1S/C16H22ClNO2/c1-10(2)13-14(16(9-18)4-3-5-16)11(17)8-12-15(13)20-7-6-19-12/h8,10H,3-7,9,18H2,1-2H3. The Morgan fingerprint density at radius 3 is 2.55 bits per heavy atom. The number of fused-ring (bicyclic) bond motifs is 1. The second kappa shape index (κ2) is 5.12. The van der Waals surface area contributed by atoms with Gasteiger partial charge in [-0.05, 0) is 24.3 Å². The Labute approximate surface area is 125 Å². The molecule has 20 heavy (non-hydrogen) atoms. The van der Waals surface area contributed by atoms with Crippen LogP contribution in [-0.4, -0.2) is 19.8 Å². The molecule has 0 aromatic heterocycles. The lowest BCUT2D eigenvalue weighted by molar-refractivity contribution is 0.167. The van der Waals surface area contributed by atoms with E-state index in [1.54, 1.807) is 0 Å². The molecule has 0 spiro atoms. The summed E-state index contributed by atoms with van der Waals surface area (Å²) in [5.74, 6) is 1.99. The SMILES string of the molecule is CC(C)c1c2c(cc(Cl)c1C1(CN)CCC1)OCCO2. The number of rotatable bonds is 3. The Morgan fingerprint density at radius 1 is 1.30 bits per heavy atom. The summed E-state index contributed by atoms with van der Waals surface area (Å²) in [6.45, 7) is 6.18. The third-order valence-electron chi connectivity index (χ3n) is 4.63. The van der Waals surface area contributed by atoms with Crippen LogP contribution in [0, 0.1) is 0 Å². The normalized spacial score (nSPS) is 19.9. The predicted octanol–water partition coefficient (Wildman–Crippen LogP) is 3.62. The summed E-state index contributed by atoms with van der Waals surface area (Å²) >= 11 is 6.60. The van der Waals surface area contributed by atoms with E-state index in [0.29, 0.717) is 25.7 Å². The van der Waals surface area contributed by atoms with Gasteiger partial charge in [0.15, 0.2) is 11.5 Å². The first-order valence-electron chi connectivity index (χ1n) is 7.41. The van der Waals surface area contributed by atoms with Crippen LogP contribution in [0.15, 0.2) is 6.07 Å². The Kier molecular flexibility index (Phi) is 3.59. The smallest absolute Gasteiger partial charge is 0.165 e. The van der Waals surface area contributed by atoms with Gasteiger partial charge >= 0.3 is 0 Å². The van der Waals surface area contributed by atoms with Gasteiger partial charge in [-0.1, -0.05) is 31.9 Å². The van der Waals surface area contributed by atoms with Gasteiger partial charge in [0.05, 0.1) is 0 Å². The van der Waals surface area contributed by atoms with Crippen molar-refractivity contribution in [3.63, 3.8) is 0 Å². The van der Waals surface area contributed by atoms with Crippen LogP contribution in [0.25, 0.3) is 0 Å². The molecule has 2 N–H and O–H groups in total. The Bertz CT molecular complexity index is 518. The summed E-state index contributed by atoms with van der Waals surface area (Å²) in [6, 6.07) is 1.91. The minimum Gasteiger partial charge on any atom is -0.486 e. The molecule has 2 aliphatic rings. The highest BCUT2D eigenvalue weighted by Gasteiger charge is 2.42. The summed E-state index contributed by atoms with van der Waals surface area (Å²) in [5.41, 5.74) is 8.51. The molecular weight excluding hydrogens is 274 g/mol. The van der Waals surface area contributed by atoms with E-state index >= 15 is 0 Å². The summed E-state index contributed by atoms with van der Waals surface area (Å²) in [4.78, 5) is 0. The van der Waals surface area contributed by atoms with E-state index in [0.717, 1.165) is 29.4 Å². The van der Waals surface area contributed by atoms with Crippen LogP contribution in [0.3, 0.4) is 0 Å². The fourth-order valence-electron chi connectivity index (χ4n) is 3.43. The molecule has 1 aliphatic carbocycles. The number of ether oxygens (including phenoxy) is 2. The van der Waals surface area contributed by atoms with Gasteiger partial charge in [0.2, 0.25) is 0 Å². The van der Waals surface area contributed by atoms with Gasteiger partial charge in [-0.25, -0.2) is 0 Å². The molecular formula is C16H22ClNO2. The third kappa shape index (κ3) is 1.99. The van der Waals surface area contributed by atoms with Crippen LogP contribution in [0.5, 0.6) is 11.5 Å².